The molecule has 9 nitrogen and oxygen atoms in total. The lowest BCUT2D eigenvalue weighted by Crippen LogP contribution is -2.52. The van der Waals surface area contributed by atoms with E-state index in [2.05, 4.69) is 15.4 Å². The van der Waals surface area contributed by atoms with E-state index in [1.54, 1.807) is 23.2 Å². The van der Waals surface area contributed by atoms with Gasteiger partial charge in [0.2, 0.25) is 5.91 Å². The molecular weight excluding hydrogens is 362 g/mol. The number of hydrogen-bond donors (Lipinski definition) is 2. The lowest BCUT2D eigenvalue weighted by molar-refractivity contribution is -0.131. The maximum Gasteiger partial charge on any atom is 0.271 e. The molecule has 1 saturated heterocycles. The number of amides is 2. The van der Waals surface area contributed by atoms with Gasteiger partial charge in [-0.05, 0) is 25.0 Å². The summed E-state index contributed by atoms with van der Waals surface area (Å²) in [7, 11) is 0. The molecule has 2 aliphatic heterocycles. The summed E-state index contributed by atoms with van der Waals surface area (Å²) in [4.78, 5) is 30.9. The second-order valence-electron chi connectivity index (χ2n) is 7.19. The first-order chi connectivity index (χ1) is 13.6. The summed E-state index contributed by atoms with van der Waals surface area (Å²) in [6, 6.07) is 3.51. The summed E-state index contributed by atoms with van der Waals surface area (Å²) >= 11 is 0. The molecule has 1 fully saturated rings. The van der Waals surface area contributed by atoms with E-state index in [9.17, 15) is 14.7 Å². The Bertz CT molecular complexity index is 914. The molecule has 0 spiro atoms. The average Bonchev–Trinajstić information content (AvgIpc) is 3.17. The van der Waals surface area contributed by atoms with E-state index in [0.717, 1.165) is 5.57 Å². The fourth-order valence-electron chi connectivity index (χ4n) is 3.55. The zero-order chi connectivity index (χ0) is 19.6. The summed E-state index contributed by atoms with van der Waals surface area (Å²) in [5.74, 6) is -0.323. The molecule has 4 rings (SSSR count). The number of aliphatic hydroxyl groups is 1. The van der Waals surface area contributed by atoms with Crippen LogP contribution in [0.5, 0.6) is 0 Å². The van der Waals surface area contributed by atoms with E-state index < -0.39 is 5.60 Å². The molecule has 0 radical (unpaired) electrons. The van der Waals surface area contributed by atoms with Crippen LogP contribution >= 0.6 is 0 Å². The van der Waals surface area contributed by atoms with E-state index in [4.69, 9.17) is 4.74 Å². The molecule has 2 amide bonds. The molecule has 4 heterocycles. The lowest BCUT2D eigenvalue weighted by atomic mass is 9.90. The van der Waals surface area contributed by atoms with Crippen molar-refractivity contribution in [3.8, 4) is 0 Å². The van der Waals surface area contributed by atoms with Gasteiger partial charge in [-0.1, -0.05) is 6.08 Å². The first-order valence-electron chi connectivity index (χ1n) is 9.41. The van der Waals surface area contributed by atoms with E-state index in [1.165, 1.54) is 10.7 Å². The number of nitrogens with zero attached hydrogens (tertiary/aromatic N) is 4. The Labute approximate surface area is 162 Å². The smallest absolute Gasteiger partial charge is 0.271 e. The zero-order valence-electron chi connectivity index (χ0n) is 15.5. The highest BCUT2D eigenvalue weighted by atomic mass is 16.5. The van der Waals surface area contributed by atoms with Gasteiger partial charge in [0.05, 0.1) is 25.0 Å². The van der Waals surface area contributed by atoms with Crippen molar-refractivity contribution in [1.82, 2.24) is 24.8 Å². The van der Waals surface area contributed by atoms with Gasteiger partial charge in [0.25, 0.3) is 5.91 Å². The summed E-state index contributed by atoms with van der Waals surface area (Å²) in [6.07, 6.45) is 6.33. The van der Waals surface area contributed by atoms with Crippen LogP contribution in [0, 0.1) is 0 Å². The normalized spacial score (nSPS) is 19.3. The van der Waals surface area contributed by atoms with Crippen molar-refractivity contribution in [1.29, 1.82) is 0 Å². The number of carbonyl (C=O) groups is 2. The quantitative estimate of drug-likeness (QED) is 0.776. The van der Waals surface area contributed by atoms with E-state index in [0.29, 0.717) is 56.9 Å². The van der Waals surface area contributed by atoms with E-state index >= 15 is 0 Å². The van der Waals surface area contributed by atoms with Gasteiger partial charge in [-0.25, -0.2) is 9.50 Å². The molecule has 2 aromatic rings. The van der Waals surface area contributed by atoms with Gasteiger partial charge in [0, 0.05) is 37.8 Å². The zero-order valence-corrected chi connectivity index (χ0v) is 15.5. The van der Waals surface area contributed by atoms with Crippen LogP contribution < -0.4 is 5.32 Å². The number of hydrogen-bond acceptors (Lipinski definition) is 6. The van der Waals surface area contributed by atoms with E-state index in [-0.39, 0.29) is 18.4 Å². The summed E-state index contributed by atoms with van der Waals surface area (Å²) in [6.45, 7) is 2.08. The average molecular weight is 385 g/mol. The third kappa shape index (κ3) is 3.76. The monoisotopic (exact) mass is 385 g/mol. The third-order valence-corrected chi connectivity index (χ3v) is 5.31. The number of fused-ring (bicyclic) bond motifs is 1. The van der Waals surface area contributed by atoms with Crippen LogP contribution in [0.2, 0.25) is 0 Å². The van der Waals surface area contributed by atoms with Crippen molar-refractivity contribution < 1.29 is 19.4 Å². The van der Waals surface area contributed by atoms with Crippen LogP contribution in [0.3, 0.4) is 0 Å². The Kier molecular flexibility index (Phi) is 5.10. The number of likely N-dealkylation sites (tertiary alicyclic amines) is 1. The Morgan fingerprint density at radius 1 is 1.32 bits per heavy atom. The van der Waals surface area contributed by atoms with Gasteiger partial charge in [-0.2, -0.15) is 5.10 Å². The van der Waals surface area contributed by atoms with Crippen molar-refractivity contribution in [2.75, 3.05) is 32.8 Å². The number of aromatic nitrogens is 3. The maximum atomic E-state index is 12.5. The van der Waals surface area contributed by atoms with E-state index in [1.807, 2.05) is 6.08 Å². The third-order valence-electron chi connectivity index (χ3n) is 5.31. The second kappa shape index (κ2) is 7.69. The molecule has 0 aliphatic carbocycles. The minimum atomic E-state index is -1.04. The number of carbonyl (C=O) groups excluding carboxylic acids is 2. The molecule has 0 unspecified atom stereocenters. The standard InChI is InChI=1S/C19H23N5O4/c25-17(15-12-20-16-2-1-7-22-24(15)16)21-13-19(27)5-8-23(9-6-19)18(26)14-3-10-28-11-4-14/h1-3,7,12,27H,4-6,8-11,13H2,(H,21,25). The van der Waals surface area contributed by atoms with Gasteiger partial charge in [-0.3, -0.25) is 9.59 Å². The summed E-state index contributed by atoms with van der Waals surface area (Å²) in [5, 5.41) is 17.7. The van der Waals surface area contributed by atoms with Crippen LogP contribution in [0.4, 0.5) is 0 Å². The molecule has 0 bridgehead atoms. The molecule has 2 aliphatic rings. The van der Waals surface area contributed by atoms with Crippen LogP contribution in [-0.2, 0) is 9.53 Å². The number of rotatable bonds is 4. The second-order valence-corrected chi connectivity index (χ2v) is 7.19. The van der Waals surface area contributed by atoms with Crippen LogP contribution in [0.25, 0.3) is 5.65 Å². The Hall–Kier alpha value is -2.78. The van der Waals surface area contributed by atoms with Crippen molar-refractivity contribution in [3.63, 3.8) is 0 Å². The first-order valence-corrected chi connectivity index (χ1v) is 9.41. The van der Waals surface area contributed by atoms with Crippen LogP contribution in [-0.4, -0.2) is 74.9 Å². The van der Waals surface area contributed by atoms with Crippen molar-refractivity contribution in [2.45, 2.75) is 24.9 Å². The SMILES string of the molecule is O=C(NCC1(O)CCN(C(=O)C2=CCOCC2)CC1)c1cnc2cccnn12. The van der Waals surface area contributed by atoms with Crippen LogP contribution in [0.1, 0.15) is 29.8 Å². The van der Waals surface area contributed by atoms with Gasteiger partial charge in [0.1, 0.15) is 5.69 Å². The highest BCUT2D eigenvalue weighted by Gasteiger charge is 2.35. The number of piperidine rings is 1. The van der Waals surface area contributed by atoms with Gasteiger partial charge >= 0.3 is 0 Å². The predicted octanol–water partition coefficient (Wildman–Crippen LogP) is 0.159. The van der Waals surface area contributed by atoms with Gasteiger partial charge in [-0.15, -0.1) is 0 Å². The Morgan fingerprint density at radius 3 is 2.89 bits per heavy atom. The highest BCUT2D eigenvalue weighted by Crippen LogP contribution is 2.24. The molecule has 0 atom stereocenters. The fourth-order valence-corrected chi connectivity index (χ4v) is 3.55. The van der Waals surface area contributed by atoms with Crippen molar-refractivity contribution in [2.24, 2.45) is 0 Å². The number of nitrogens with one attached hydrogen (secondary N) is 1. The summed E-state index contributed by atoms with van der Waals surface area (Å²) < 4.78 is 6.70. The molecular formula is C19H23N5O4. The topological polar surface area (TPSA) is 109 Å². The molecule has 2 N–H and O–H groups in total. The Balaban J connectivity index is 1.32. The van der Waals surface area contributed by atoms with Crippen molar-refractivity contribution in [3.05, 3.63) is 41.9 Å². The number of imidazole rings is 1. The molecule has 9 heteroatoms. The molecule has 2 aromatic heterocycles. The minimum absolute atomic E-state index is 0.0196. The van der Waals surface area contributed by atoms with Crippen molar-refractivity contribution >= 4 is 17.5 Å². The van der Waals surface area contributed by atoms with Crippen LogP contribution in [0.15, 0.2) is 36.2 Å². The molecule has 0 saturated carbocycles. The molecule has 28 heavy (non-hydrogen) atoms. The Morgan fingerprint density at radius 2 is 2.14 bits per heavy atom. The highest BCUT2D eigenvalue weighted by molar-refractivity contribution is 5.94. The number of ether oxygens (including phenoxy) is 1. The fraction of sp³-hybridized carbons (Fsp3) is 0.474. The summed E-state index contributed by atoms with van der Waals surface area (Å²) in [5.41, 5.74) is 0.647. The largest absolute Gasteiger partial charge is 0.388 e. The molecule has 148 valence electrons. The maximum absolute atomic E-state index is 12.5. The van der Waals surface area contributed by atoms with Gasteiger partial charge in [0.15, 0.2) is 5.65 Å². The lowest BCUT2D eigenvalue weighted by Gasteiger charge is -2.38. The predicted molar refractivity (Wildman–Crippen MR) is 99.6 cm³/mol. The minimum Gasteiger partial charge on any atom is -0.388 e. The first kappa shape index (κ1) is 18.6. The molecule has 0 aromatic carbocycles. The van der Waals surface area contributed by atoms with Gasteiger partial charge < -0.3 is 20.1 Å².